The van der Waals surface area contributed by atoms with Gasteiger partial charge in [0, 0.05) is 31.6 Å². The zero-order chi connectivity index (χ0) is 16.9. The van der Waals surface area contributed by atoms with Gasteiger partial charge in [-0.1, -0.05) is 19.3 Å². The van der Waals surface area contributed by atoms with Crippen LogP contribution in [0.3, 0.4) is 0 Å². The Balaban J connectivity index is 1.45. The molecule has 3 aliphatic rings. The summed E-state index contributed by atoms with van der Waals surface area (Å²) >= 11 is 0. The summed E-state index contributed by atoms with van der Waals surface area (Å²) in [7, 11) is 0. The molecule has 5 heteroatoms. The van der Waals surface area contributed by atoms with Crippen molar-refractivity contribution in [2.75, 3.05) is 26.2 Å². The lowest BCUT2D eigenvalue weighted by molar-refractivity contribution is -0.141. The van der Waals surface area contributed by atoms with E-state index >= 15 is 0 Å². The van der Waals surface area contributed by atoms with E-state index in [4.69, 9.17) is 0 Å². The highest BCUT2D eigenvalue weighted by molar-refractivity contribution is 5.89. The van der Waals surface area contributed by atoms with E-state index in [2.05, 4.69) is 17.1 Å². The summed E-state index contributed by atoms with van der Waals surface area (Å²) in [6.07, 6.45) is 9.98. The van der Waals surface area contributed by atoms with Gasteiger partial charge in [-0.05, 0) is 52.0 Å². The number of carbonyl (C=O) groups is 2. The van der Waals surface area contributed by atoms with Crippen LogP contribution in [0.4, 0.5) is 0 Å². The van der Waals surface area contributed by atoms with E-state index in [1.54, 1.807) is 0 Å². The van der Waals surface area contributed by atoms with Crippen LogP contribution in [0.25, 0.3) is 0 Å². The number of likely N-dealkylation sites (tertiary alicyclic amines) is 2. The third-order valence-corrected chi connectivity index (χ3v) is 6.18. The lowest BCUT2D eigenvalue weighted by atomic mass is 10.0. The molecule has 24 heavy (non-hydrogen) atoms. The van der Waals surface area contributed by atoms with Crippen molar-refractivity contribution in [3.8, 4) is 0 Å². The first-order valence-electron chi connectivity index (χ1n) is 9.99. The SMILES string of the molecule is C[C@H]1CCCCN1CCNC(=O)[C@@H]1CCCN1C(=O)C1CCCC1. The normalized spacial score (nSPS) is 29.1. The van der Waals surface area contributed by atoms with Crippen LogP contribution < -0.4 is 5.32 Å². The standard InChI is InChI=1S/C19H33N3O2/c1-15-7-4-5-12-21(15)14-11-20-18(23)17-10-6-13-22(17)19(24)16-8-2-3-9-16/h15-17H,2-14H2,1H3,(H,20,23)/t15-,17-/m0/s1. The predicted octanol–water partition coefficient (Wildman–Crippen LogP) is 2.16. The fourth-order valence-corrected chi connectivity index (χ4v) is 4.64. The minimum Gasteiger partial charge on any atom is -0.353 e. The zero-order valence-corrected chi connectivity index (χ0v) is 15.1. The second-order valence-electron chi connectivity index (χ2n) is 7.84. The molecule has 5 nitrogen and oxygen atoms in total. The van der Waals surface area contributed by atoms with E-state index in [0.717, 1.165) is 58.2 Å². The molecule has 0 unspecified atom stereocenters. The molecule has 136 valence electrons. The molecule has 0 bridgehead atoms. The third kappa shape index (κ3) is 4.11. The maximum atomic E-state index is 12.7. The minimum atomic E-state index is -0.225. The van der Waals surface area contributed by atoms with Crippen LogP contribution >= 0.6 is 0 Å². The van der Waals surface area contributed by atoms with Gasteiger partial charge < -0.3 is 10.2 Å². The Morgan fingerprint density at radius 1 is 0.958 bits per heavy atom. The molecular weight excluding hydrogens is 302 g/mol. The van der Waals surface area contributed by atoms with Gasteiger partial charge in [0.05, 0.1) is 0 Å². The van der Waals surface area contributed by atoms with Gasteiger partial charge in [-0.2, -0.15) is 0 Å². The molecule has 2 atom stereocenters. The van der Waals surface area contributed by atoms with Crippen molar-refractivity contribution >= 4 is 11.8 Å². The van der Waals surface area contributed by atoms with Crippen molar-refractivity contribution in [1.29, 1.82) is 0 Å². The molecule has 1 aliphatic carbocycles. The molecule has 2 saturated heterocycles. The maximum absolute atomic E-state index is 12.7. The van der Waals surface area contributed by atoms with Crippen LogP contribution in [-0.2, 0) is 9.59 Å². The smallest absolute Gasteiger partial charge is 0.242 e. The number of nitrogens with one attached hydrogen (secondary N) is 1. The number of hydrogen-bond donors (Lipinski definition) is 1. The molecule has 2 aliphatic heterocycles. The van der Waals surface area contributed by atoms with Crippen LogP contribution in [0.1, 0.15) is 64.7 Å². The van der Waals surface area contributed by atoms with Crippen molar-refractivity contribution in [2.45, 2.75) is 76.8 Å². The van der Waals surface area contributed by atoms with Gasteiger partial charge in [0.15, 0.2) is 0 Å². The Hall–Kier alpha value is -1.10. The molecule has 1 N–H and O–H groups in total. The van der Waals surface area contributed by atoms with Crippen LogP contribution in [0.15, 0.2) is 0 Å². The van der Waals surface area contributed by atoms with Gasteiger partial charge in [-0.25, -0.2) is 0 Å². The Morgan fingerprint density at radius 2 is 1.71 bits per heavy atom. The zero-order valence-electron chi connectivity index (χ0n) is 15.1. The number of piperidine rings is 1. The summed E-state index contributed by atoms with van der Waals surface area (Å²) < 4.78 is 0. The van der Waals surface area contributed by atoms with Crippen LogP contribution in [0.5, 0.6) is 0 Å². The van der Waals surface area contributed by atoms with Crippen molar-refractivity contribution in [2.24, 2.45) is 5.92 Å². The number of hydrogen-bond acceptors (Lipinski definition) is 3. The number of nitrogens with zero attached hydrogens (tertiary/aromatic N) is 2. The summed E-state index contributed by atoms with van der Waals surface area (Å²) in [6, 6.07) is 0.402. The van der Waals surface area contributed by atoms with Crippen molar-refractivity contribution in [3.63, 3.8) is 0 Å². The summed E-state index contributed by atoms with van der Waals surface area (Å²) in [5.74, 6) is 0.464. The van der Waals surface area contributed by atoms with E-state index in [9.17, 15) is 9.59 Å². The second-order valence-corrected chi connectivity index (χ2v) is 7.84. The molecular formula is C19H33N3O2. The van der Waals surface area contributed by atoms with Gasteiger partial charge in [0.2, 0.25) is 11.8 Å². The fourth-order valence-electron chi connectivity index (χ4n) is 4.64. The van der Waals surface area contributed by atoms with Gasteiger partial charge in [-0.3, -0.25) is 14.5 Å². The summed E-state index contributed by atoms with van der Waals surface area (Å²) in [5.41, 5.74) is 0. The molecule has 2 amide bonds. The first-order chi connectivity index (χ1) is 11.7. The first kappa shape index (κ1) is 17.7. The van der Waals surface area contributed by atoms with E-state index in [0.29, 0.717) is 12.6 Å². The molecule has 0 aromatic rings. The summed E-state index contributed by atoms with van der Waals surface area (Å²) in [6.45, 7) is 5.81. The fraction of sp³-hybridized carbons (Fsp3) is 0.895. The second kappa shape index (κ2) is 8.32. The average molecular weight is 335 g/mol. The largest absolute Gasteiger partial charge is 0.353 e. The molecule has 0 aromatic heterocycles. The van der Waals surface area contributed by atoms with E-state index in [-0.39, 0.29) is 23.8 Å². The maximum Gasteiger partial charge on any atom is 0.242 e. The first-order valence-corrected chi connectivity index (χ1v) is 9.99. The average Bonchev–Trinajstić information content (AvgIpc) is 3.27. The highest BCUT2D eigenvalue weighted by Gasteiger charge is 2.37. The Kier molecular flexibility index (Phi) is 6.14. The van der Waals surface area contributed by atoms with Gasteiger partial charge in [-0.15, -0.1) is 0 Å². The molecule has 0 radical (unpaired) electrons. The van der Waals surface area contributed by atoms with Gasteiger partial charge >= 0.3 is 0 Å². The summed E-state index contributed by atoms with van der Waals surface area (Å²) in [4.78, 5) is 29.6. The molecule has 2 heterocycles. The number of carbonyl (C=O) groups excluding carboxylic acids is 2. The van der Waals surface area contributed by atoms with Crippen molar-refractivity contribution < 1.29 is 9.59 Å². The van der Waals surface area contributed by atoms with E-state index in [1.807, 2.05) is 4.90 Å². The van der Waals surface area contributed by atoms with E-state index < -0.39 is 0 Å². The molecule has 3 fully saturated rings. The molecule has 0 spiro atoms. The van der Waals surface area contributed by atoms with Crippen molar-refractivity contribution in [1.82, 2.24) is 15.1 Å². The number of rotatable bonds is 5. The summed E-state index contributed by atoms with van der Waals surface area (Å²) in [5, 5.41) is 3.09. The minimum absolute atomic E-state index is 0.0588. The molecule has 0 aromatic carbocycles. The topological polar surface area (TPSA) is 52.7 Å². The van der Waals surface area contributed by atoms with E-state index in [1.165, 1.54) is 19.3 Å². The Morgan fingerprint density at radius 3 is 2.46 bits per heavy atom. The highest BCUT2D eigenvalue weighted by atomic mass is 16.2. The quantitative estimate of drug-likeness (QED) is 0.838. The molecule has 1 saturated carbocycles. The van der Waals surface area contributed by atoms with Gasteiger partial charge in [0.1, 0.15) is 6.04 Å². The van der Waals surface area contributed by atoms with Crippen LogP contribution in [0, 0.1) is 5.92 Å². The van der Waals surface area contributed by atoms with Crippen LogP contribution in [0.2, 0.25) is 0 Å². The van der Waals surface area contributed by atoms with Gasteiger partial charge in [0.25, 0.3) is 0 Å². The monoisotopic (exact) mass is 335 g/mol. The van der Waals surface area contributed by atoms with Crippen LogP contribution in [-0.4, -0.2) is 59.9 Å². The predicted molar refractivity (Wildman–Crippen MR) is 94.6 cm³/mol. The van der Waals surface area contributed by atoms with Crippen molar-refractivity contribution in [3.05, 3.63) is 0 Å². The Bertz CT molecular complexity index is 448. The number of amides is 2. The Labute approximate surface area is 146 Å². The lowest BCUT2D eigenvalue weighted by Gasteiger charge is -2.33. The third-order valence-electron chi connectivity index (χ3n) is 6.18. The highest BCUT2D eigenvalue weighted by Crippen LogP contribution is 2.29. The molecule has 3 rings (SSSR count). The lowest BCUT2D eigenvalue weighted by Crippen LogP contribution is -2.49.